The maximum absolute atomic E-state index is 12.1. The summed E-state index contributed by atoms with van der Waals surface area (Å²) >= 11 is 0. The van der Waals surface area contributed by atoms with E-state index in [1.165, 1.54) is 4.31 Å². The van der Waals surface area contributed by atoms with Crippen LogP contribution < -0.4 is 10.0 Å². The molecule has 0 amide bonds. The summed E-state index contributed by atoms with van der Waals surface area (Å²) in [6, 6.07) is 0. The van der Waals surface area contributed by atoms with E-state index in [-0.39, 0.29) is 5.41 Å². The summed E-state index contributed by atoms with van der Waals surface area (Å²) in [6.07, 6.45) is 2.67. The molecule has 0 bridgehead atoms. The molecule has 1 fully saturated rings. The Hall–Kier alpha value is -0.210. The van der Waals surface area contributed by atoms with E-state index < -0.39 is 10.2 Å². The molecule has 19 heavy (non-hydrogen) atoms. The second-order valence-corrected chi connectivity index (χ2v) is 7.19. The van der Waals surface area contributed by atoms with Crippen molar-refractivity contribution in [3.05, 3.63) is 0 Å². The molecule has 1 aliphatic rings. The first-order valence-corrected chi connectivity index (χ1v) is 8.30. The van der Waals surface area contributed by atoms with Gasteiger partial charge in [0.2, 0.25) is 0 Å². The van der Waals surface area contributed by atoms with Crippen LogP contribution in [0.5, 0.6) is 0 Å². The number of hydrogen-bond acceptors (Lipinski definition) is 4. The first kappa shape index (κ1) is 16.8. The van der Waals surface area contributed by atoms with Gasteiger partial charge in [0, 0.05) is 32.7 Å². The molecule has 0 aromatic carbocycles. The molecule has 1 saturated heterocycles. The third-order valence-corrected chi connectivity index (χ3v) is 5.21. The van der Waals surface area contributed by atoms with Crippen molar-refractivity contribution in [1.29, 1.82) is 0 Å². The third-order valence-electron chi connectivity index (χ3n) is 3.69. The zero-order valence-electron chi connectivity index (χ0n) is 12.2. The SMILES string of the molecule is CCCN(C)S(=O)(=O)NCC1(COC)CCNCC1. The van der Waals surface area contributed by atoms with Crippen molar-refractivity contribution < 1.29 is 13.2 Å². The second kappa shape index (κ2) is 7.54. The van der Waals surface area contributed by atoms with Gasteiger partial charge in [-0.05, 0) is 32.4 Å². The Morgan fingerprint density at radius 2 is 2.00 bits per heavy atom. The van der Waals surface area contributed by atoms with Crippen LogP contribution in [0.3, 0.4) is 0 Å². The number of piperidine rings is 1. The molecule has 6 nitrogen and oxygen atoms in total. The van der Waals surface area contributed by atoms with Crippen LogP contribution in [0.2, 0.25) is 0 Å². The Labute approximate surface area is 117 Å². The van der Waals surface area contributed by atoms with Crippen molar-refractivity contribution >= 4 is 10.2 Å². The Morgan fingerprint density at radius 1 is 1.37 bits per heavy atom. The Balaban J connectivity index is 2.60. The summed E-state index contributed by atoms with van der Waals surface area (Å²) in [5, 5.41) is 3.29. The molecular weight excluding hydrogens is 266 g/mol. The van der Waals surface area contributed by atoms with Gasteiger partial charge in [0.05, 0.1) is 6.61 Å². The number of rotatable bonds is 8. The van der Waals surface area contributed by atoms with Crippen molar-refractivity contribution in [2.45, 2.75) is 26.2 Å². The molecule has 0 radical (unpaired) electrons. The van der Waals surface area contributed by atoms with Gasteiger partial charge in [-0.25, -0.2) is 4.72 Å². The van der Waals surface area contributed by atoms with Crippen LogP contribution >= 0.6 is 0 Å². The monoisotopic (exact) mass is 293 g/mol. The van der Waals surface area contributed by atoms with Crippen LogP contribution in [-0.4, -0.2) is 59.7 Å². The van der Waals surface area contributed by atoms with Gasteiger partial charge in [-0.1, -0.05) is 6.92 Å². The van der Waals surface area contributed by atoms with Crippen LogP contribution in [0, 0.1) is 5.41 Å². The summed E-state index contributed by atoms with van der Waals surface area (Å²) in [4.78, 5) is 0. The van der Waals surface area contributed by atoms with Crippen LogP contribution in [0.4, 0.5) is 0 Å². The lowest BCUT2D eigenvalue weighted by Crippen LogP contribution is -2.49. The van der Waals surface area contributed by atoms with Crippen molar-refractivity contribution in [3.8, 4) is 0 Å². The molecule has 114 valence electrons. The lowest BCUT2D eigenvalue weighted by atomic mass is 9.80. The van der Waals surface area contributed by atoms with Crippen molar-refractivity contribution in [3.63, 3.8) is 0 Å². The number of ether oxygens (including phenoxy) is 1. The summed E-state index contributed by atoms with van der Waals surface area (Å²) in [5.74, 6) is 0. The fourth-order valence-electron chi connectivity index (χ4n) is 2.42. The van der Waals surface area contributed by atoms with E-state index in [0.29, 0.717) is 19.7 Å². The highest BCUT2D eigenvalue weighted by Gasteiger charge is 2.33. The fourth-order valence-corrected chi connectivity index (χ4v) is 3.56. The van der Waals surface area contributed by atoms with Crippen LogP contribution in [-0.2, 0) is 14.9 Å². The average Bonchev–Trinajstić information content (AvgIpc) is 2.38. The summed E-state index contributed by atoms with van der Waals surface area (Å²) < 4.78 is 33.5. The van der Waals surface area contributed by atoms with E-state index in [1.54, 1.807) is 14.2 Å². The molecule has 0 saturated carbocycles. The van der Waals surface area contributed by atoms with Gasteiger partial charge in [0.15, 0.2) is 0 Å². The largest absolute Gasteiger partial charge is 0.384 e. The van der Waals surface area contributed by atoms with Gasteiger partial charge in [-0.3, -0.25) is 0 Å². The molecule has 0 aliphatic carbocycles. The van der Waals surface area contributed by atoms with Crippen LogP contribution in [0.25, 0.3) is 0 Å². The minimum atomic E-state index is -3.37. The molecule has 2 N–H and O–H groups in total. The lowest BCUT2D eigenvalue weighted by molar-refractivity contribution is 0.0574. The molecule has 0 spiro atoms. The van der Waals surface area contributed by atoms with Crippen molar-refractivity contribution in [1.82, 2.24) is 14.3 Å². The topological polar surface area (TPSA) is 70.7 Å². The van der Waals surface area contributed by atoms with E-state index in [4.69, 9.17) is 4.74 Å². The van der Waals surface area contributed by atoms with E-state index in [2.05, 4.69) is 10.0 Å². The summed E-state index contributed by atoms with van der Waals surface area (Å²) in [7, 11) is -0.0943. The van der Waals surface area contributed by atoms with E-state index in [0.717, 1.165) is 32.4 Å². The number of nitrogens with zero attached hydrogens (tertiary/aromatic N) is 1. The maximum atomic E-state index is 12.1. The van der Waals surface area contributed by atoms with E-state index in [1.807, 2.05) is 6.92 Å². The summed E-state index contributed by atoms with van der Waals surface area (Å²) in [5.41, 5.74) is -0.0832. The third kappa shape index (κ3) is 5.00. The zero-order chi connectivity index (χ0) is 14.4. The fraction of sp³-hybridized carbons (Fsp3) is 1.00. The van der Waals surface area contributed by atoms with Gasteiger partial charge >= 0.3 is 0 Å². The molecule has 7 heteroatoms. The number of methoxy groups -OCH3 is 1. The van der Waals surface area contributed by atoms with E-state index >= 15 is 0 Å². The Bertz CT molecular complexity index is 348. The van der Waals surface area contributed by atoms with Crippen LogP contribution in [0.15, 0.2) is 0 Å². The van der Waals surface area contributed by atoms with Gasteiger partial charge in [0.25, 0.3) is 10.2 Å². The van der Waals surface area contributed by atoms with Gasteiger partial charge in [0.1, 0.15) is 0 Å². The van der Waals surface area contributed by atoms with Gasteiger partial charge in [-0.15, -0.1) is 0 Å². The predicted octanol–water partition coefficient (Wildman–Crippen LogP) is 0.179. The number of nitrogens with one attached hydrogen (secondary N) is 2. The smallest absolute Gasteiger partial charge is 0.279 e. The van der Waals surface area contributed by atoms with Gasteiger partial charge < -0.3 is 10.1 Å². The van der Waals surface area contributed by atoms with Crippen LogP contribution in [0.1, 0.15) is 26.2 Å². The first-order valence-electron chi connectivity index (χ1n) is 6.86. The molecule has 0 atom stereocenters. The molecular formula is C12H27N3O3S. The van der Waals surface area contributed by atoms with E-state index in [9.17, 15) is 8.42 Å². The number of hydrogen-bond donors (Lipinski definition) is 2. The lowest BCUT2D eigenvalue weighted by Gasteiger charge is -2.37. The predicted molar refractivity (Wildman–Crippen MR) is 76.3 cm³/mol. The minimum Gasteiger partial charge on any atom is -0.384 e. The average molecular weight is 293 g/mol. The Morgan fingerprint density at radius 3 is 2.53 bits per heavy atom. The zero-order valence-corrected chi connectivity index (χ0v) is 13.1. The molecule has 0 aromatic rings. The minimum absolute atomic E-state index is 0.0832. The summed E-state index contributed by atoms with van der Waals surface area (Å²) in [6.45, 7) is 5.36. The molecule has 1 aliphatic heterocycles. The standard InChI is InChI=1S/C12H27N3O3S/c1-4-9-15(2)19(16,17)14-10-12(11-18-3)5-7-13-8-6-12/h13-14H,4-11H2,1-3H3. The first-order chi connectivity index (χ1) is 8.96. The molecule has 1 heterocycles. The van der Waals surface area contributed by atoms with Crippen molar-refractivity contribution in [2.24, 2.45) is 5.41 Å². The quantitative estimate of drug-likeness (QED) is 0.670. The molecule has 0 aromatic heterocycles. The molecule has 1 rings (SSSR count). The maximum Gasteiger partial charge on any atom is 0.279 e. The van der Waals surface area contributed by atoms with Crippen molar-refractivity contribution in [2.75, 3.05) is 46.9 Å². The highest BCUT2D eigenvalue weighted by atomic mass is 32.2. The second-order valence-electron chi connectivity index (χ2n) is 5.33. The highest BCUT2D eigenvalue weighted by molar-refractivity contribution is 7.87. The Kier molecular flexibility index (Phi) is 6.68. The van der Waals surface area contributed by atoms with Gasteiger partial charge in [-0.2, -0.15) is 12.7 Å². The molecule has 0 unspecified atom stereocenters. The highest BCUT2D eigenvalue weighted by Crippen LogP contribution is 2.28. The normalized spacial score (nSPS) is 19.8.